The van der Waals surface area contributed by atoms with Crippen molar-refractivity contribution in [1.82, 2.24) is 0 Å². The van der Waals surface area contributed by atoms with Crippen molar-refractivity contribution in [2.24, 2.45) is 0 Å². The third kappa shape index (κ3) is 2.50. The second-order valence-electron chi connectivity index (χ2n) is 4.74. The molecule has 1 aromatic rings. The van der Waals surface area contributed by atoms with Crippen LogP contribution in [0.25, 0.3) is 0 Å². The molecule has 1 amide bonds. The molecule has 0 aromatic heterocycles. The van der Waals surface area contributed by atoms with Crippen LogP contribution in [0.4, 0.5) is 11.4 Å². The molecule has 2 heterocycles. The molecule has 6 heteroatoms. The predicted molar refractivity (Wildman–Crippen MR) is 74.7 cm³/mol. The van der Waals surface area contributed by atoms with Crippen molar-refractivity contribution in [1.29, 1.82) is 0 Å². The van der Waals surface area contributed by atoms with E-state index in [1.165, 1.54) is 0 Å². The summed E-state index contributed by atoms with van der Waals surface area (Å²) in [6.07, 6.45) is 1.25. The number of rotatable bonds is 2. The van der Waals surface area contributed by atoms with E-state index in [0.717, 1.165) is 17.9 Å². The van der Waals surface area contributed by atoms with Gasteiger partial charge in [-0.3, -0.25) is 4.79 Å². The molecule has 2 aliphatic rings. The first-order valence-corrected chi connectivity index (χ1v) is 7.16. The highest BCUT2D eigenvalue weighted by Gasteiger charge is 2.27. The first-order chi connectivity index (χ1) is 9.13. The standard InChI is InChI=1S/C13H16N2O3S/c1-7-11(2-3-17-7)19-12-5-9-10(4-8(12)14)18-6-13(16)15-9/h4-5,7,11H,2-3,6,14H2,1H3,(H,15,16). The molecule has 1 aromatic carbocycles. The first-order valence-electron chi connectivity index (χ1n) is 6.28. The summed E-state index contributed by atoms with van der Waals surface area (Å²) < 4.78 is 10.9. The van der Waals surface area contributed by atoms with Gasteiger partial charge >= 0.3 is 0 Å². The van der Waals surface area contributed by atoms with Crippen LogP contribution in [0, 0.1) is 0 Å². The zero-order valence-electron chi connectivity index (χ0n) is 10.6. The molecular weight excluding hydrogens is 264 g/mol. The molecule has 0 saturated carbocycles. The molecule has 1 saturated heterocycles. The maximum Gasteiger partial charge on any atom is 0.262 e. The van der Waals surface area contributed by atoms with Crippen LogP contribution in [-0.2, 0) is 9.53 Å². The van der Waals surface area contributed by atoms with Crippen LogP contribution >= 0.6 is 11.8 Å². The summed E-state index contributed by atoms with van der Waals surface area (Å²) in [4.78, 5) is 12.3. The maximum absolute atomic E-state index is 11.3. The van der Waals surface area contributed by atoms with Gasteiger partial charge in [0, 0.05) is 28.5 Å². The second kappa shape index (κ2) is 4.94. The normalized spacial score (nSPS) is 25.6. The van der Waals surface area contributed by atoms with Gasteiger partial charge in [-0.25, -0.2) is 0 Å². The lowest BCUT2D eigenvalue weighted by Gasteiger charge is -2.21. The van der Waals surface area contributed by atoms with Gasteiger partial charge in [-0.05, 0) is 19.4 Å². The monoisotopic (exact) mass is 280 g/mol. The van der Waals surface area contributed by atoms with Gasteiger partial charge in [0.15, 0.2) is 6.61 Å². The minimum absolute atomic E-state index is 0.0480. The third-order valence-electron chi connectivity index (χ3n) is 3.33. The molecule has 0 spiro atoms. The number of carbonyl (C=O) groups is 1. The lowest BCUT2D eigenvalue weighted by Crippen LogP contribution is -2.25. The van der Waals surface area contributed by atoms with Crippen LogP contribution in [0.3, 0.4) is 0 Å². The van der Waals surface area contributed by atoms with E-state index < -0.39 is 0 Å². The number of carbonyl (C=O) groups excluding carboxylic acids is 1. The Morgan fingerprint density at radius 1 is 1.47 bits per heavy atom. The highest BCUT2D eigenvalue weighted by Crippen LogP contribution is 2.41. The highest BCUT2D eigenvalue weighted by molar-refractivity contribution is 8.00. The summed E-state index contributed by atoms with van der Waals surface area (Å²) in [6, 6.07) is 3.66. The zero-order valence-corrected chi connectivity index (χ0v) is 11.5. The number of nitrogen functional groups attached to an aromatic ring is 1. The van der Waals surface area contributed by atoms with Crippen molar-refractivity contribution in [3.8, 4) is 5.75 Å². The minimum Gasteiger partial charge on any atom is -0.482 e. The molecule has 5 nitrogen and oxygen atoms in total. The van der Waals surface area contributed by atoms with Crippen LogP contribution in [-0.4, -0.2) is 30.5 Å². The van der Waals surface area contributed by atoms with Gasteiger partial charge in [-0.1, -0.05) is 0 Å². The molecule has 3 rings (SSSR count). The smallest absolute Gasteiger partial charge is 0.262 e. The Morgan fingerprint density at radius 2 is 2.32 bits per heavy atom. The largest absolute Gasteiger partial charge is 0.482 e. The van der Waals surface area contributed by atoms with Crippen molar-refractivity contribution in [3.05, 3.63) is 12.1 Å². The summed E-state index contributed by atoms with van der Waals surface area (Å²) in [7, 11) is 0. The number of fused-ring (bicyclic) bond motifs is 1. The maximum atomic E-state index is 11.3. The number of nitrogens with two attached hydrogens (primary N) is 1. The van der Waals surface area contributed by atoms with Crippen molar-refractivity contribution in [3.63, 3.8) is 0 Å². The summed E-state index contributed by atoms with van der Waals surface area (Å²) in [5.74, 6) is 0.503. The number of ether oxygens (including phenoxy) is 2. The average Bonchev–Trinajstić information content (AvgIpc) is 2.77. The van der Waals surface area contributed by atoms with Crippen molar-refractivity contribution in [2.75, 3.05) is 24.3 Å². The molecule has 2 atom stereocenters. The van der Waals surface area contributed by atoms with Gasteiger partial charge in [-0.2, -0.15) is 0 Å². The van der Waals surface area contributed by atoms with Crippen LogP contribution in [0.2, 0.25) is 0 Å². The number of anilines is 2. The van der Waals surface area contributed by atoms with E-state index in [0.29, 0.717) is 22.4 Å². The van der Waals surface area contributed by atoms with Crippen LogP contribution in [0.15, 0.2) is 17.0 Å². The van der Waals surface area contributed by atoms with E-state index in [4.69, 9.17) is 15.2 Å². The number of thioether (sulfide) groups is 1. The lowest BCUT2D eigenvalue weighted by atomic mass is 10.2. The van der Waals surface area contributed by atoms with E-state index in [2.05, 4.69) is 12.2 Å². The quantitative estimate of drug-likeness (QED) is 0.809. The fourth-order valence-electron chi connectivity index (χ4n) is 2.25. The molecular formula is C13H16N2O3S. The Morgan fingerprint density at radius 3 is 3.05 bits per heavy atom. The molecule has 1 fully saturated rings. The highest BCUT2D eigenvalue weighted by atomic mass is 32.2. The molecule has 0 bridgehead atoms. The fraction of sp³-hybridized carbons (Fsp3) is 0.462. The number of nitrogens with one attached hydrogen (secondary N) is 1. The van der Waals surface area contributed by atoms with Gasteiger partial charge in [0.2, 0.25) is 0 Å². The van der Waals surface area contributed by atoms with E-state index in [1.807, 2.05) is 6.07 Å². The molecule has 0 aliphatic carbocycles. The summed E-state index contributed by atoms with van der Waals surface area (Å²) in [6.45, 7) is 2.92. The number of hydrogen-bond acceptors (Lipinski definition) is 5. The second-order valence-corrected chi connectivity index (χ2v) is 6.02. The van der Waals surface area contributed by atoms with Gasteiger partial charge in [0.05, 0.1) is 11.8 Å². The van der Waals surface area contributed by atoms with E-state index in [-0.39, 0.29) is 18.6 Å². The molecule has 3 N–H and O–H groups in total. The lowest BCUT2D eigenvalue weighted by molar-refractivity contribution is -0.118. The fourth-order valence-corrected chi connectivity index (χ4v) is 3.45. The molecule has 2 unspecified atom stereocenters. The number of benzene rings is 1. The van der Waals surface area contributed by atoms with E-state index >= 15 is 0 Å². The van der Waals surface area contributed by atoms with Crippen LogP contribution in [0.5, 0.6) is 5.75 Å². The predicted octanol–water partition coefficient (Wildman–Crippen LogP) is 1.87. The van der Waals surface area contributed by atoms with E-state index in [9.17, 15) is 4.79 Å². The minimum atomic E-state index is -0.134. The van der Waals surface area contributed by atoms with Gasteiger partial charge < -0.3 is 20.5 Å². The molecule has 0 radical (unpaired) electrons. The van der Waals surface area contributed by atoms with Crippen molar-refractivity contribution in [2.45, 2.75) is 29.6 Å². The summed E-state index contributed by atoms with van der Waals surface area (Å²) in [5, 5.41) is 3.20. The van der Waals surface area contributed by atoms with Crippen LogP contribution in [0.1, 0.15) is 13.3 Å². The Labute approximate surface area is 115 Å². The Balaban J connectivity index is 1.85. The van der Waals surface area contributed by atoms with Crippen molar-refractivity contribution >= 4 is 29.0 Å². The first kappa shape index (κ1) is 12.6. The summed E-state index contributed by atoms with van der Waals surface area (Å²) in [5.41, 5.74) is 7.42. The Bertz CT molecular complexity index is 521. The van der Waals surface area contributed by atoms with Crippen molar-refractivity contribution < 1.29 is 14.3 Å². The molecule has 2 aliphatic heterocycles. The number of hydrogen-bond donors (Lipinski definition) is 2. The average molecular weight is 280 g/mol. The van der Waals surface area contributed by atoms with Gasteiger partial charge in [-0.15, -0.1) is 11.8 Å². The number of amides is 1. The Hall–Kier alpha value is -1.40. The summed E-state index contributed by atoms with van der Waals surface area (Å²) >= 11 is 1.70. The SMILES string of the molecule is CC1OCCC1Sc1cc2c(cc1N)OCC(=O)N2. The third-order valence-corrected chi connectivity index (χ3v) is 4.86. The van der Waals surface area contributed by atoms with Crippen LogP contribution < -0.4 is 15.8 Å². The zero-order chi connectivity index (χ0) is 13.4. The molecule has 102 valence electrons. The van der Waals surface area contributed by atoms with Gasteiger partial charge in [0.1, 0.15) is 5.75 Å². The van der Waals surface area contributed by atoms with Gasteiger partial charge in [0.25, 0.3) is 5.91 Å². The molecule has 19 heavy (non-hydrogen) atoms. The topological polar surface area (TPSA) is 73.6 Å². The Kier molecular flexibility index (Phi) is 3.28. The van der Waals surface area contributed by atoms with E-state index in [1.54, 1.807) is 17.8 Å².